The minimum atomic E-state index is -0.392. The van der Waals surface area contributed by atoms with Crippen molar-refractivity contribution < 1.29 is 18.8 Å². The van der Waals surface area contributed by atoms with E-state index in [0.717, 1.165) is 5.39 Å². The molecule has 0 aliphatic carbocycles. The van der Waals surface area contributed by atoms with Gasteiger partial charge in [-0.1, -0.05) is 17.3 Å². The van der Waals surface area contributed by atoms with Crippen LogP contribution >= 0.6 is 0 Å². The molecule has 3 rings (SSSR count). The molecule has 3 aromatic rings. The zero-order valence-electron chi connectivity index (χ0n) is 13.6. The molecular formula is C18H17N3O4. The molecule has 0 atom stereocenters. The van der Waals surface area contributed by atoms with Gasteiger partial charge in [-0.2, -0.15) is 0 Å². The Hall–Kier alpha value is -3.35. The number of amides is 2. The van der Waals surface area contributed by atoms with Crippen LogP contribution < -0.4 is 10.6 Å². The van der Waals surface area contributed by atoms with Gasteiger partial charge in [0, 0.05) is 11.1 Å². The Morgan fingerprint density at radius 2 is 1.88 bits per heavy atom. The number of urea groups is 1. The highest BCUT2D eigenvalue weighted by Crippen LogP contribution is 2.17. The van der Waals surface area contributed by atoms with Gasteiger partial charge in [-0.15, -0.1) is 0 Å². The van der Waals surface area contributed by atoms with Crippen molar-refractivity contribution in [3.63, 3.8) is 0 Å². The van der Waals surface area contributed by atoms with E-state index in [1.54, 1.807) is 31.2 Å². The quantitative estimate of drug-likeness (QED) is 0.696. The number of nitrogens with one attached hydrogen (secondary N) is 2. The lowest BCUT2D eigenvalue weighted by Crippen LogP contribution is -2.28. The fourth-order valence-electron chi connectivity index (χ4n) is 2.31. The Bertz CT molecular complexity index is 887. The molecule has 0 saturated carbocycles. The fourth-order valence-corrected chi connectivity index (χ4v) is 2.31. The van der Waals surface area contributed by atoms with Crippen molar-refractivity contribution in [3.8, 4) is 0 Å². The van der Waals surface area contributed by atoms with Gasteiger partial charge in [0.15, 0.2) is 5.58 Å². The van der Waals surface area contributed by atoms with Gasteiger partial charge in [0.25, 0.3) is 0 Å². The summed E-state index contributed by atoms with van der Waals surface area (Å²) in [5, 5.41) is 10.2. The largest absolute Gasteiger partial charge is 0.462 e. The predicted molar refractivity (Wildman–Crippen MR) is 92.3 cm³/mol. The molecule has 2 aromatic carbocycles. The van der Waals surface area contributed by atoms with E-state index in [9.17, 15) is 9.59 Å². The summed E-state index contributed by atoms with van der Waals surface area (Å²) in [4.78, 5) is 23.6. The number of anilines is 1. The zero-order valence-corrected chi connectivity index (χ0v) is 13.6. The second-order valence-corrected chi connectivity index (χ2v) is 5.23. The summed E-state index contributed by atoms with van der Waals surface area (Å²) in [7, 11) is 0. The van der Waals surface area contributed by atoms with Crippen LogP contribution in [0.1, 0.15) is 23.0 Å². The van der Waals surface area contributed by atoms with Crippen LogP contribution in [0.4, 0.5) is 10.5 Å². The summed E-state index contributed by atoms with van der Waals surface area (Å²) in [5.74, 6) is -0.392. The Morgan fingerprint density at radius 1 is 1.12 bits per heavy atom. The molecule has 2 amide bonds. The molecule has 7 nitrogen and oxygen atoms in total. The van der Waals surface area contributed by atoms with Crippen LogP contribution in [0.3, 0.4) is 0 Å². The van der Waals surface area contributed by atoms with Gasteiger partial charge in [-0.25, -0.2) is 9.59 Å². The maximum Gasteiger partial charge on any atom is 0.338 e. The highest BCUT2D eigenvalue weighted by molar-refractivity contribution is 5.92. The Balaban J connectivity index is 1.56. The number of hydrogen-bond acceptors (Lipinski definition) is 5. The van der Waals surface area contributed by atoms with Crippen molar-refractivity contribution in [2.45, 2.75) is 13.5 Å². The molecule has 7 heteroatoms. The monoisotopic (exact) mass is 339 g/mol. The van der Waals surface area contributed by atoms with E-state index >= 15 is 0 Å². The second-order valence-electron chi connectivity index (χ2n) is 5.23. The number of fused-ring (bicyclic) bond motifs is 1. The number of nitrogens with zero attached hydrogens (tertiary/aromatic N) is 1. The van der Waals surface area contributed by atoms with Crippen LogP contribution in [-0.4, -0.2) is 23.8 Å². The summed E-state index contributed by atoms with van der Waals surface area (Å²) in [6, 6.07) is 13.5. The lowest BCUT2D eigenvalue weighted by Gasteiger charge is -2.07. The number of para-hydroxylation sites is 1. The van der Waals surface area contributed by atoms with E-state index in [1.165, 1.54) is 0 Å². The number of hydrogen-bond donors (Lipinski definition) is 2. The molecule has 0 unspecified atom stereocenters. The fraction of sp³-hybridized carbons (Fsp3) is 0.167. The van der Waals surface area contributed by atoms with Crippen LogP contribution in [0, 0.1) is 0 Å². The van der Waals surface area contributed by atoms with Gasteiger partial charge in [0.05, 0.1) is 18.7 Å². The first-order valence-corrected chi connectivity index (χ1v) is 7.82. The van der Waals surface area contributed by atoms with Gasteiger partial charge < -0.3 is 19.9 Å². The molecule has 0 aliphatic rings. The van der Waals surface area contributed by atoms with E-state index in [1.807, 2.05) is 24.3 Å². The maximum absolute atomic E-state index is 12.0. The molecule has 2 N–H and O–H groups in total. The first-order valence-electron chi connectivity index (χ1n) is 7.82. The number of esters is 1. The normalized spacial score (nSPS) is 10.4. The lowest BCUT2D eigenvalue weighted by molar-refractivity contribution is 0.0526. The van der Waals surface area contributed by atoms with Crippen LogP contribution in [0.2, 0.25) is 0 Å². The third kappa shape index (κ3) is 3.95. The average molecular weight is 339 g/mol. The number of rotatable bonds is 5. The first kappa shape index (κ1) is 16.5. The molecule has 128 valence electrons. The highest BCUT2D eigenvalue weighted by Gasteiger charge is 2.10. The third-order valence-electron chi connectivity index (χ3n) is 3.52. The van der Waals surface area contributed by atoms with Gasteiger partial charge >= 0.3 is 12.0 Å². The van der Waals surface area contributed by atoms with Crippen molar-refractivity contribution in [1.82, 2.24) is 10.5 Å². The SMILES string of the molecule is CCOC(=O)c1ccc(NC(=O)NCc2noc3ccccc23)cc1. The number of ether oxygens (including phenoxy) is 1. The Kier molecular flexibility index (Phi) is 4.94. The smallest absolute Gasteiger partial charge is 0.338 e. The summed E-state index contributed by atoms with van der Waals surface area (Å²) >= 11 is 0. The van der Waals surface area contributed by atoms with Gasteiger partial charge in [-0.05, 0) is 43.3 Å². The lowest BCUT2D eigenvalue weighted by atomic mass is 10.2. The predicted octanol–water partition coefficient (Wildman–Crippen LogP) is 3.33. The molecule has 25 heavy (non-hydrogen) atoms. The zero-order chi connectivity index (χ0) is 17.6. The molecule has 0 fully saturated rings. The topological polar surface area (TPSA) is 93.5 Å². The molecule has 1 aromatic heterocycles. The van der Waals surface area contributed by atoms with Crippen molar-refractivity contribution in [1.29, 1.82) is 0 Å². The molecule has 0 aliphatic heterocycles. The van der Waals surface area contributed by atoms with E-state index < -0.39 is 5.97 Å². The summed E-state index contributed by atoms with van der Waals surface area (Å²) < 4.78 is 10.1. The number of carbonyl (C=O) groups is 2. The van der Waals surface area contributed by atoms with Gasteiger partial charge in [0.1, 0.15) is 5.69 Å². The molecule has 0 saturated heterocycles. The minimum Gasteiger partial charge on any atom is -0.462 e. The van der Waals surface area contributed by atoms with Crippen molar-refractivity contribution in [3.05, 3.63) is 59.8 Å². The molecular weight excluding hydrogens is 322 g/mol. The Labute approximate surface area is 143 Å². The second kappa shape index (κ2) is 7.48. The van der Waals surface area contributed by atoms with Gasteiger partial charge in [0.2, 0.25) is 0 Å². The first-order chi connectivity index (χ1) is 12.2. The van der Waals surface area contributed by atoms with Crippen molar-refractivity contribution >= 4 is 28.7 Å². The Morgan fingerprint density at radius 3 is 2.64 bits per heavy atom. The van der Waals surface area contributed by atoms with Gasteiger partial charge in [-0.3, -0.25) is 0 Å². The van der Waals surface area contributed by atoms with Crippen LogP contribution in [0.15, 0.2) is 53.1 Å². The number of aromatic nitrogens is 1. The third-order valence-corrected chi connectivity index (χ3v) is 3.52. The molecule has 0 spiro atoms. The number of carbonyl (C=O) groups excluding carboxylic acids is 2. The molecule has 0 radical (unpaired) electrons. The average Bonchev–Trinajstić information content (AvgIpc) is 3.04. The molecule has 1 heterocycles. The highest BCUT2D eigenvalue weighted by atomic mass is 16.5. The number of benzene rings is 2. The van der Waals surface area contributed by atoms with Crippen LogP contribution in [-0.2, 0) is 11.3 Å². The van der Waals surface area contributed by atoms with E-state index in [-0.39, 0.29) is 12.6 Å². The summed E-state index contributed by atoms with van der Waals surface area (Å²) in [5.41, 5.74) is 2.33. The summed E-state index contributed by atoms with van der Waals surface area (Å²) in [6.07, 6.45) is 0. The van der Waals surface area contributed by atoms with E-state index in [4.69, 9.17) is 9.26 Å². The van der Waals surface area contributed by atoms with Crippen LogP contribution in [0.5, 0.6) is 0 Å². The molecule has 0 bridgehead atoms. The van der Waals surface area contributed by atoms with E-state index in [2.05, 4.69) is 15.8 Å². The maximum atomic E-state index is 12.0. The van der Waals surface area contributed by atoms with E-state index in [0.29, 0.717) is 29.1 Å². The van der Waals surface area contributed by atoms with Crippen LogP contribution in [0.25, 0.3) is 11.0 Å². The summed E-state index contributed by atoms with van der Waals surface area (Å²) in [6.45, 7) is 2.30. The standard InChI is InChI=1S/C18H17N3O4/c1-2-24-17(22)12-7-9-13(10-8-12)20-18(23)19-11-15-14-5-3-4-6-16(14)25-21-15/h3-10H,2,11H2,1H3,(H2,19,20,23). The van der Waals surface area contributed by atoms with Crippen molar-refractivity contribution in [2.75, 3.05) is 11.9 Å². The minimum absolute atomic E-state index is 0.240. The van der Waals surface area contributed by atoms with Crippen molar-refractivity contribution in [2.24, 2.45) is 0 Å².